The predicted molar refractivity (Wildman–Crippen MR) is 86.4 cm³/mol. The zero-order chi connectivity index (χ0) is 16.7. The summed E-state index contributed by atoms with van der Waals surface area (Å²) >= 11 is 0. The smallest absolute Gasteiger partial charge is 0.261 e. The van der Waals surface area contributed by atoms with E-state index in [-0.39, 0.29) is 23.8 Å². The van der Waals surface area contributed by atoms with Crippen LogP contribution in [-0.2, 0) is 0 Å². The predicted octanol–water partition coefficient (Wildman–Crippen LogP) is 2.56. The molecule has 0 radical (unpaired) electrons. The highest BCUT2D eigenvalue weighted by Crippen LogP contribution is 2.34. The molecule has 0 N–H and O–H groups in total. The molecule has 2 aliphatic rings. The number of carbonyl (C=O) groups is 3. The molecule has 23 heavy (non-hydrogen) atoms. The van der Waals surface area contributed by atoms with Gasteiger partial charge in [0.1, 0.15) is 0 Å². The number of carbonyl (C=O) groups excluding carboxylic acids is 3. The average Bonchev–Trinajstić information content (AvgIpc) is 3.32. The van der Waals surface area contributed by atoms with Crippen molar-refractivity contribution >= 4 is 17.7 Å². The summed E-state index contributed by atoms with van der Waals surface area (Å²) in [7, 11) is 1.77. The molecule has 3 amide bonds. The van der Waals surface area contributed by atoms with Crippen LogP contribution in [0.15, 0.2) is 18.2 Å². The molecule has 5 nitrogen and oxygen atoms in total. The van der Waals surface area contributed by atoms with Crippen LogP contribution in [0.25, 0.3) is 0 Å². The molecule has 1 heterocycles. The Labute approximate surface area is 136 Å². The SMILES string of the molecule is CC(C)CCN(C)C(=O)c1ccc2c(c1)C(=O)N(C1CC1)C2=O. The van der Waals surface area contributed by atoms with Gasteiger partial charge in [0.05, 0.1) is 11.1 Å². The summed E-state index contributed by atoms with van der Waals surface area (Å²) in [5.41, 5.74) is 1.25. The Balaban J connectivity index is 1.81. The van der Waals surface area contributed by atoms with Crippen molar-refractivity contribution < 1.29 is 14.4 Å². The van der Waals surface area contributed by atoms with E-state index >= 15 is 0 Å². The van der Waals surface area contributed by atoms with E-state index in [1.807, 2.05) is 0 Å². The van der Waals surface area contributed by atoms with E-state index in [0.29, 0.717) is 29.2 Å². The molecular formula is C18H22N2O3. The van der Waals surface area contributed by atoms with E-state index in [4.69, 9.17) is 0 Å². The third-order valence-corrected chi connectivity index (χ3v) is 4.47. The second-order valence-electron chi connectivity index (χ2n) is 6.88. The fraction of sp³-hybridized carbons (Fsp3) is 0.500. The van der Waals surface area contributed by atoms with Gasteiger partial charge in [0.15, 0.2) is 0 Å². The van der Waals surface area contributed by atoms with Gasteiger partial charge in [0, 0.05) is 25.2 Å². The molecule has 0 unspecified atom stereocenters. The van der Waals surface area contributed by atoms with E-state index in [1.54, 1.807) is 30.1 Å². The van der Waals surface area contributed by atoms with Gasteiger partial charge >= 0.3 is 0 Å². The maximum Gasteiger partial charge on any atom is 0.261 e. The molecule has 0 bridgehead atoms. The Morgan fingerprint density at radius 3 is 2.48 bits per heavy atom. The summed E-state index contributed by atoms with van der Waals surface area (Å²) in [5, 5.41) is 0. The minimum absolute atomic E-state index is 0.0512. The summed E-state index contributed by atoms with van der Waals surface area (Å²) in [6.07, 6.45) is 2.70. The van der Waals surface area contributed by atoms with E-state index in [1.165, 1.54) is 4.90 Å². The van der Waals surface area contributed by atoms with Crippen molar-refractivity contribution in [1.29, 1.82) is 0 Å². The molecule has 3 rings (SSSR count). The topological polar surface area (TPSA) is 57.7 Å². The van der Waals surface area contributed by atoms with Gasteiger partial charge < -0.3 is 4.90 Å². The van der Waals surface area contributed by atoms with Crippen LogP contribution in [0.3, 0.4) is 0 Å². The molecule has 1 aromatic rings. The largest absolute Gasteiger partial charge is 0.342 e. The normalized spacial score (nSPS) is 17.0. The first-order chi connectivity index (χ1) is 10.9. The third kappa shape index (κ3) is 2.87. The number of amides is 3. The van der Waals surface area contributed by atoms with Crippen LogP contribution >= 0.6 is 0 Å². The third-order valence-electron chi connectivity index (χ3n) is 4.47. The highest BCUT2D eigenvalue weighted by Gasteiger charge is 2.44. The molecule has 1 aromatic carbocycles. The van der Waals surface area contributed by atoms with Crippen molar-refractivity contribution in [3.63, 3.8) is 0 Å². The van der Waals surface area contributed by atoms with Gasteiger partial charge in [0.2, 0.25) is 0 Å². The van der Waals surface area contributed by atoms with Crippen molar-refractivity contribution in [3.8, 4) is 0 Å². The first-order valence-corrected chi connectivity index (χ1v) is 8.17. The zero-order valence-electron chi connectivity index (χ0n) is 13.8. The van der Waals surface area contributed by atoms with E-state index in [2.05, 4.69) is 13.8 Å². The number of nitrogens with zero attached hydrogens (tertiary/aromatic N) is 2. The Hall–Kier alpha value is -2.17. The van der Waals surface area contributed by atoms with Crippen LogP contribution in [0.4, 0.5) is 0 Å². The molecule has 0 aromatic heterocycles. The molecule has 5 heteroatoms. The molecule has 0 spiro atoms. The number of hydrogen-bond acceptors (Lipinski definition) is 3. The van der Waals surface area contributed by atoms with Crippen molar-refractivity contribution in [3.05, 3.63) is 34.9 Å². The van der Waals surface area contributed by atoms with Gasteiger partial charge in [-0.25, -0.2) is 0 Å². The van der Waals surface area contributed by atoms with Crippen molar-refractivity contribution in [2.45, 2.75) is 39.2 Å². The van der Waals surface area contributed by atoms with Crippen molar-refractivity contribution in [2.75, 3.05) is 13.6 Å². The summed E-state index contributed by atoms with van der Waals surface area (Å²) in [6.45, 7) is 4.91. The standard InChI is InChI=1S/C18H22N2O3/c1-11(2)8-9-19(3)16(21)12-4-7-14-15(10-12)18(23)20(17(14)22)13-5-6-13/h4,7,10-11,13H,5-6,8-9H2,1-3H3. The number of hydrogen-bond donors (Lipinski definition) is 0. The first-order valence-electron chi connectivity index (χ1n) is 8.17. The monoisotopic (exact) mass is 314 g/mol. The fourth-order valence-electron chi connectivity index (χ4n) is 2.83. The maximum absolute atomic E-state index is 12.5. The Morgan fingerprint density at radius 1 is 1.22 bits per heavy atom. The van der Waals surface area contributed by atoms with Crippen molar-refractivity contribution in [1.82, 2.24) is 9.80 Å². The molecule has 122 valence electrons. The first kappa shape index (κ1) is 15.7. The van der Waals surface area contributed by atoms with Crippen LogP contribution < -0.4 is 0 Å². The number of benzene rings is 1. The van der Waals surface area contributed by atoms with Crippen LogP contribution in [0.1, 0.15) is 64.2 Å². The lowest BCUT2D eigenvalue weighted by Crippen LogP contribution is -2.31. The lowest BCUT2D eigenvalue weighted by atomic mass is 10.0. The number of imide groups is 1. The lowest BCUT2D eigenvalue weighted by Gasteiger charge is -2.18. The average molecular weight is 314 g/mol. The van der Waals surface area contributed by atoms with Crippen LogP contribution in [-0.4, -0.2) is 47.2 Å². The zero-order valence-corrected chi connectivity index (χ0v) is 13.8. The quantitative estimate of drug-likeness (QED) is 0.785. The van der Waals surface area contributed by atoms with Gasteiger partial charge in [0.25, 0.3) is 17.7 Å². The second kappa shape index (κ2) is 5.80. The van der Waals surface area contributed by atoms with Gasteiger partial charge in [-0.05, 0) is 43.4 Å². The number of fused-ring (bicyclic) bond motifs is 1. The summed E-state index contributed by atoms with van der Waals surface area (Å²) in [5.74, 6) is -0.0678. The van der Waals surface area contributed by atoms with Gasteiger partial charge in [-0.3, -0.25) is 19.3 Å². The summed E-state index contributed by atoms with van der Waals surface area (Å²) in [4.78, 5) is 40.2. The molecular weight excluding hydrogens is 292 g/mol. The minimum Gasteiger partial charge on any atom is -0.342 e. The summed E-state index contributed by atoms with van der Waals surface area (Å²) < 4.78 is 0. The highest BCUT2D eigenvalue weighted by molar-refractivity contribution is 6.22. The van der Waals surface area contributed by atoms with Gasteiger partial charge in [-0.2, -0.15) is 0 Å². The maximum atomic E-state index is 12.5. The van der Waals surface area contributed by atoms with Crippen LogP contribution in [0.5, 0.6) is 0 Å². The second-order valence-corrected chi connectivity index (χ2v) is 6.88. The minimum atomic E-state index is -0.257. The van der Waals surface area contributed by atoms with Crippen LogP contribution in [0.2, 0.25) is 0 Å². The van der Waals surface area contributed by atoms with E-state index < -0.39 is 0 Å². The Bertz CT molecular complexity index is 677. The van der Waals surface area contributed by atoms with E-state index in [9.17, 15) is 14.4 Å². The number of rotatable bonds is 5. The highest BCUT2D eigenvalue weighted by atomic mass is 16.2. The molecule has 0 saturated heterocycles. The Kier molecular flexibility index (Phi) is 3.96. The van der Waals surface area contributed by atoms with Crippen LogP contribution in [0, 0.1) is 5.92 Å². The summed E-state index contributed by atoms with van der Waals surface area (Å²) in [6, 6.07) is 4.89. The molecule has 1 fully saturated rings. The van der Waals surface area contributed by atoms with Crippen molar-refractivity contribution in [2.24, 2.45) is 5.92 Å². The Morgan fingerprint density at radius 2 is 1.87 bits per heavy atom. The fourth-order valence-corrected chi connectivity index (χ4v) is 2.83. The molecule has 1 aliphatic carbocycles. The molecule has 1 saturated carbocycles. The van der Waals surface area contributed by atoms with Gasteiger partial charge in [-0.15, -0.1) is 0 Å². The molecule has 0 atom stereocenters. The lowest BCUT2D eigenvalue weighted by molar-refractivity contribution is 0.0642. The van der Waals surface area contributed by atoms with Gasteiger partial charge in [-0.1, -0.05) is 13.8 Å². The molecule has 1 aliphatic heterocycles. The van der Waals surface area contributed by atoms with E-state index in [0.717, 1.165) is 19.3 Å².